The van der Waals surface area contributed by atoms with Crippen LogP contribution in [0.25, 0.3) is 0 Å². The Bertz CT molecular complexity index is 433. The second-order valence-corrected chi connectivity index (χ2v) is 4.57. The van der Waals surface area contributed by atoms with Crippen LogP contribution in [-0.2, 0) is 9.53 Å². The van der Waals surface area contributed by atoms with Gasteiger partial charge >= 0.3 is 0 Å². The minimum atomic E-state index is 0.216. The largest absolute Gasteiger partial charge is 0.497 e. The highest BCUT2D eigenvalue weighted by atomic mass is 16.5. The van der Waals surface area contributed by atoms with Crippen molar-refractivity contribution in [3.8, 4) is 0 Å². The van der Waals surface area contributed by atoms with Gasteiger partial charge in [-0.3, -0.25) is 4.79 Å². The van der Waals surface area contributed by atoms with Crippen molar-refractivity contribution >= 4 is 5.78 Å². The maximum Gasteiger partial charge on any atom is 0.159 e. The van der Waals surface area contributed by atoms with Crippen LogP contribution in [0, 0.1) is 5.92 Å². The van der Waals surface area contributed by atoms with E-state index in [2.05, 4.69) is 24.3 Å². The molecule has 1 aromatic carbocycles. The number of carbonyl (C=O) groups is 1. The van der Waals surface area contributed by atoms with E-state index in [1.165, 1.54) is 5.56 Å². The van der Waals surface area contributed by atoms with Crippen molar-refractivity contribution in [2.24, 2.45) is 5.92 Å². The summed E-state index contributed by atoms with van der Waals surface area (Å²) in [5.74, 6) is 1.89. The third-order valence-corrected chi connectivity index (χ3v) is 3.44. The van der Waals surface area contributed by atoms with Crippen molar-refractivity contribution < 1.29 is 9.53 Å². The normalized spacial score (nSPS) is 28.2. The SMILES string of the molecule is O=C1C=C2OC[C@@H](c3ccccc3)C[C@H]2C1. The Morgan fingerprint density at radius 2 is 1.94 bits per heavy atom. The average Bonchev–Trinajstić information content (AvgIpc) is 2.69. The summed E-state index contributed by atoms with van der Waals surface area (Å²) in [5.41, 5.74) is 1.32. The summed E-state index contributed by atoms with van der Waals surface area (Å²) in [7, 11) is 0. The Labute approximate surface area is 94.9 Å². The van der Waals surface area contributed by atoms with Crippen LogP contribution in [0.1, 0.15) is 24.3 Å². The lowest BCUT2D eigenvalue weighted by molar-refractivity contribution is -0.114. The Hall–Kier alpha value is -1.57. The quantitative estimate of drug-likeness (QED) is 0.718. The molecule has 0 radical (unpaired) electrons. The molecule has 1 aliphatic carbocycles. The van der Waals surface area contributed by atoms with Crippen LogP contribution in [-0.4, -0.2) is 12.4 Å². The number of ketones is 1. The Morgan fingerprint density at radius 1 is 1.12 bits per heavy atom. The first kappa shape index (κ1) is 9.64. The maximum absolute atomic E-state index is 11.3. The second kappa shape index (κ2) is 3.78. The highest BCUT2D eigenvalue weighted by molar-refractivity contribution is 5.93. The number of carbonyl (C=O) groups excluding carboxylic acids is 1. The van der Waals surface area contributed by atoms with Crippen LogP contribution < -0.4 is 0 Å². The zero-order valence-corrected chi connectivity index (χ0v) is 9.06. The van der Waals surface area contributed by atoms with Gasteiger partial charge in [0.15, 0.2) is 5.78 Å². The zero-order valence-electron chi connectivity index (χ0n) is 9.06. The number of fused-ring (bicyclic) bond motifs is 1. The highest BCUT2D eigenvalue weighted by Crippen LogP contribution is 2.39. The molecule has 1 aromatic rings. The number of ether oxygens (including phenoxy) is 1. The summed E-state index contributed by atoms with van der Waals surface area (Å²) in [5, 5.41) is 0. The molecule has 2 aliphatic rings. The number of rotatable bonds is 1. The van der Waals surface area contributed by atoms with Gasteiger partial charge < -0.3 is 4.74 Å². The van der Waals surface area contributed by atoms with Gasteiger partial charge in [-0.1, -0.05) is 30.3 Å². The molecule has 0 bridgehead atoms. The first-order valence-electron chi connectivity index (χ1n) is 5.75. The lowest BCUT2D eigenvalue weighted by Crippen LogP contribution is -2.20. The Balaban J connectivity index is 1.78. The molecule has 2 atom stereocenters. The van der Waals surface area contributed by atoms with E-state index < -0.39 is 0 Å². The summed E-state index contributed by atoms with van der Waals surface area (Å²) in [6, 6.07) is 10.4. The van der Waals surface area contributed by atoms with Crippen LogP contribution in [0.15, 0.2) is 42.2 Å². The second-order valence-electron chi connectivity index (χ2n) is 4.57. The predicted octanol–water partition coefficient (Wildman–Crippen LogP) is 2.66. The van der Waals surface area contributed by atoms with E-state index in [1.807, 2.05) is 6.07 Å². The van der Waals surface area contributed by atoms with Crippen molar-refractivity contribution in [3.63, 3.8) is 0 Å². The first-order chi connectivity index (χ1) is 7.83. The monoisotopic (exact) mass is 214 g/mol. The van der Waals surface area contributed by atoms with Crippen LogP contribution in [0.4, 0.5) is 0 Å². The van der Waals surface area contributed by atoms with Crippen LogP contribution in [0.5, 0.6) is 0 Å². The summed E-state index contributed by atoms with van der Waals surface area (Å²) in [6.07, 6.45) is 3.35. The third kappa shape index (κ3) is 1.64. The van der Waals surface area contributed by atoms with Crippen LogP contribution >= 0.6 is 0 Å². The van der Waals surface area contributed by atoms with Gasteiger partial charge in [-0.15, -0.1) is 0 Å². The molecule has 82 valence electrons. The molecule has 0 saturated carbocycles. The minimum Gasteiger partial charge on any atom is -0.497 e. The topological polar surface area (TPSA) is 26.3 Å². The molecule has 1 aliphatic heterocycles. The minimum absolute atomic E-state index is 0.216. The van der Waals surface area contributed by atoms with E-state index in [9.17, 15) is 4.79 Å². The molecule has 2 heteroatoms. The number of hydrogen-bond donors (Lipinski definition) is 0. The van der Waals surface area contributed by atoms with Gasteiger partial charge in [-0.05, 0) is 12.0 Å². The van der Waals surface area contributed by atoms with Crippen molar-refractivity contribution in [2.75, 3.05) is 6.61 Å². The summed E-state index contributed by atoms with van der Waals surface area (Å²) in [6.45, 7) is 0.708. The lowest BCUT2D eigenvalue weighted by atomic mass is 9.86. The van der Waals surface area contributed by atoms with Gasteiger partial charge in [-0.2, -0.15) is 0 Å². The maximum atomic E-state index is 11.3. The first-order valence-corrected chi connectivity index (χ1v) is 5.75. The van der Waals surface area contributed by atoms with Crippen molar-refractivity contribution in [1.29, 1.82) is 0 Å². The molecule has 0 amide bonds. The van der Waals surface area contributed by atoms with E-state index in [4.69, 9.17) is 4.74 Å². The molecule has 0 aromatic heterocycles. The molecule has 2 nitrogen and oxygen atoms in total. The van der Waals surface area contributed by atoms with E-state index in [1.54, 1.807) is 6.08 Å². The molecule has 1 saturated heterocycles. The van der Waals surface area contributed by atoms with Gasteiger partial charge in [0.25, 0.3) is 0 Å². The Kier molecular flexibility index (Phi) is 2.28. The fraction of sp³-hybridized carbons (Fsp3) is 0.357. The fourth-order valence-electron chi connectivity index (χ4n) is 2.60. The average molecular weight is 214 g/mol. The number of hydrogen-bond acceptors (Lipinski definition) is 2. The van der Waals surface area contributed by atoms with Gasteiger partial charge in [-0.25, -0.2) is 0 Å². The highest BCUT2D eigenvalue weighted by Gasteiger charge is 2.33. The molecule has 0 unspecified atom stereocenters. The van der Waals surface area contributed by atoms with Crippen LogP contribution in [0.3, 0.4) is 0 Å². The standard InChI is InChI=1S/C14H14O2/c15-13-7-11-6-12(9-16-14(11)8-13)10-4-2-1-3-5-10/h1-5,8,11-12H,6-7,9H2/t11-,12-/m0/s1. The van der Waals surface area contributed by atoms with Crippen LogP contribution in [0.2, 0.25) is 0 Å². The third-order valence-electron chi connectivity index (χ3n) is 3.44. The van der Waals surface area contributed by atoms with Gasteiger partial charge in [0.05, 0.1) is 6.61 Å². The molecule has 1 fully saturated rings. The summed E-state index contributed by atoms with van der Waals surface area (Å²) in [4.78, 5) is 11.3. The molecular weight excluding hydrogens is 200 g/mol. The predicted molar refractivity (Wildman–Crippen MR) is 60.9 cm³/mol. The van der Waals surface area contributed by atoms with E-state index in [0.717, 1.165) is 12.2 Å². The number of allylic oxidation sites excluding steroid dienone is 2. The number of benzene rings is 1. The smallest absolute Gasteiger partial charge is 0.159 e. The molecule has 0 N–H and O–H groups in total. The van der Waals surface area contributed by atoms with Gasteiger partial charge in [0.1, 0.15) is 5.76 Å². The van der Waals surface area contributed by atoms with Gasteiger partial charge in [0.2, 0.25) is 0 Å². The molecule has 1 heterocycles. The lowest BCUT2D eigenvalue weighted by Gasteiger charge is -2.29. The van der Waals surface area contributed by atoms with E-state index in [0.29, 0.717) is 24.9 Å². The fourth-order valence-corrected chi connectivity index (χ4v) is 2.60. The Morgan fingerprint density at radius 3 is 2.75 bits per heavy atom. The van der Waals surface area contributed by atoms with Crippen molar-refractivity contribution in [3.05, 3.63) is 47.7 Å². The molecular formula is C14H14O2. The molecule has 16 heavy (non-hydrogen) atoms. The van der Waals surface area contributed by atoms with Crippen molar-refractivity contribution in [1.82, 2.24) is 0 Å². The van der Waals surface area contributed by atoms with Crippen molar-refractivity contribution in [2.45, 2.75) is 18.8 Å². The zero-order chi connectivity index (χ0) is 11.0. The summed E-state index contributed by atoms with van der Waals surface area (Å²) >= 11 is 0. The molecule has 3 rings (SSSR count). The van der Waals surface area contributed by atoms with Gasteiger partial charge in [0, 0.05) is 24.3 Å². The molecule has 0 spiro atoms. The van der Waals surface area contributed by atoms with E-state index in [-0.39, 0.29) is 5.78 Å². The summed E-state index contributed by atoms with van der Waals surface area (Å²) < 4.78 is 5.68. The van der Waals surface area contributed by atoms with E-state index >= 15 is 0 Å².